The number of nitrogens with zero attached hydrogens (tertiary/aromatic N) is 2. The van der Waals surface area contributed by atoms with Crippen molar-refractivity contribution in [3.8, 4) is 0 Å². The highest BCUT2D eigenvalue weighted by atomic mass is 16.2. The highest BCUT2D eigenvalue weighted by Crippen LogP contribution is 2.41. The van der Waals surface area contributed by atoms with E-state index in [0.29, 0.717) is 11.5 Å². The average molecular weight is 442 g/mol. The summed E-state index contributed by atoms with van der Waals surface area (Å²) in [5, 5.41) is 5.37. The first-order chi connectivity index (χ1) is 15.9. The quantitative estimate of drug-likeness (QED) is 0.621. The molecule has 2 amide bonds. The molecule has 3 heterocycles. The number of carbonyl (C=O) groups is 2. The number of hydrogen-bond acceptors (Lipinski definition) is 3. The Hall–Kier alpha value is -3.21. The maximum absolute atomic E-state index is 13.6. The molecular formula is C28H31N3O2. The topological polar surface area (TPSA) is 62.3 Å². The Kier molecular flexibility index (Phi) is 5.65. The summed E-state index contributed by atoms with van der Waals surface area (Å²) in [5.74, 6) is 0.409. The van der Waals surface area contributed by atoms with Crippen molar-refractivity contribution in [2.45, 2.75) is 63.6 Å². The fourth-order valence-electron chi connectivity index (χ4n) is 5.70. The van der Waals surface area contributed by atoms with Crippen LogP contribution in [0.15, 0.2) is 67.0 Å². The van der Waals surface area contributed by atoms with Gasteiger partial charge in [-0.2, -0.15) is 0 Å². The van der Waals surface area contributed by atoms with Gasteiger partial charge in [0.05, 0.1) is 0 Å². The molecule has 3 aromatic rings. The molecule has 1 N–H and O–H groups in total. The predicted molar refractivity (Wildman–Crippen MR) is 130 cm³/mol. The van der Waals surface area contributed by atoms with E-state index in [4.69, 9.17) is 0 Å². The lowest BCUT2D eigenvalue weighted by Crippen LogP contribution is -2.60. The molecule has 2 aliphatic rings. The normalized spacial score (nSPS) is 22.4. The van der Waals surface area contributed by atoms with Crippen molar-refractivity contribution >= 4 is 22.6 Å². The van der Waals surface area contributed by atoms with E-state index in [0.717, 1.165) is 32.1 Å². The molecule has 2 aromatic carbocycles. The maximum atomic E-state index is 13.6. The summed E-state index contributed by atoms with van der Waals surface area (Å²) in [5.41, 5.74) is 0.993. The zero-order valence-electron chi connectivity index (χ0n) is 19.3. The molecule has 2 fully saturated rings. The molecule has 0 saturated carbocycles. The van der Waals surface area contributed by atoms with Crippen LogP contribution in [0, 0.1) is 5.92 Å². The summed E-state index contributed by atoms with van der Waals surface area (Å²) in [6.45, 7) is 3.65. The second-order valence-corrected chi connectivity index (χ2v) is 10.1. The van der Waals surface area contributed by atoms with Crippen molar-refractivity contribution in [1.29, 1.82) is 0 Å². The Bertz CT molecular complexity index is 1160. The van der Waals surface area contributed by atoms with Crippen LogP contribution in [-0.2, 0) is 11.2 Å². The van der Waals surface area contributed by atoms with Gasteiger partial charge in [0.1, 0.15) is 5.54 Å². The van der Waals surface area contributed by atoms with E-state index in [9.17, 15) is 9.59 Å². The number of pyridine rings is 1. The van der Waals surface area contributed by atoms with Crippen LogP contribution < -0.4 is 5.32 Å². The van der Waals surface area contributed by atoms with Crippen LogP contribution >= 0.6 is 0 Å². The van der Waals surface area contributed by atoms with Gasteiger partial charge in [0.2, 0.25) is 5.91 Å². The average Bonchev–Trinajstić information content (AvgIpc) is 3.08. The lowest BCUT2D eigenvalue weighted by Gasteiger charge is -2.43. The lowest BCUT2D eigenvalue weighted by atomic mass is 9.84. The first-order valence-electron chi connectivity index (χ1n) is 11.9. The second-order valence-electron chi connectivity index (χ2n) is 10.1. The van der Waals surface area contributed by atoms with Crippen LogP contribution in [0.5, 0.6) is 0 Å². The van der Waals surface area contributed by atoms with Crippen LogP contribution in [-0.4, -0.2) is 39.3 Å². The van der Waals surface area contributed by atoms with Gasteiger partial charge in [0.25, 0.3) is 5.91 Å². The van der Waals surface area contributed by atoms with E-state index < -0.39 is 5.54 Å². The molecule has 2 atom stereocenters. The smallest absolute Gasteiger partial charge is 0.252 e. The van der Waals surface area contributed by atoms with Crippen molar-refractivity contribution in [1.82, 2.24) is 15.2 Å². The van der Waals surface area contributed by atoms with E-state index in [1.54, 1.807) is 12.1 Å². The van der Waals surface area contributed by atoms with Gasteiger partial charge < -0.3 is 10.2 Å². The summed E-state index contributed by atoms with van der Waals surface area (Å²) in [7, 11) is 0. The number of nitrogens with one attached hydrogen (secondary N) is 1. The number of piperidine rings is 1. The molecule has 2 aliphatic heterocycles. The molecule has 2 unspecified atom stereocenters. The van der Waals surface area contributed by atoms with Crippen LogP contribution in [0.4, 0.5) is 0 Å². The number of benzene rings is 2. The summed E-state index contributed by atoms with van der Waals surface area (Å²) in [6, 6.07) is 18.3. The first kappa shape index (κ1) is 21.6. The van der Waals surface area contributed by atoms with E-state index >= 15 is 0 Å². The molecule has 0 aliphatic carbocycles. The zero-order valence-corrected chi connectivity index (χ0v) is 19.3. The maximum Gasteiger partial charge on any atom is 0.252 e. The minimum absolute atomic E-state index is 0.0379. The van der Waals surface area contributed by atoms with Gasteiger partial charge in [-0.25, -0.2) is 0 Å². The summed E-state index contributed by atoms with van der Waals surface area (Å²) >= 11 is 0. The van der Waals surface area contributed by atoms with Gasteiger partial charge in [-0.05, 0) is 81.0 Å². The SMILES string of the molecule is CC(C)(NC(=O)c1ccccc1)C(=O)N1C2CCC1CC(Cc1ccc3cnccc3c1)C2. The van der Waals surface area contributed by atoms with Crippen LogP contribution in [0.2, 0.25) is 0 Å². The van der Waals surface area contributed by atoms with Crippen molar-refractivity contribution in [2.24, 2.45) is 5.92 Å². The number of fused-ring (bicyclic) bond motifs is 3. The largest absolute Gasteiger partial charge is 0.338 e. The molecule has 2 bridgehead atoms. The third-order valence-electron chi connectivity index (χ3n) is 7.29. The summed E-state index contributed by atoms with van der Waals surface area (Å²) in [6.07, 6.45) is 8.95. The van der Waals surface area contributed by atoms with Gasteiger partial charge in [-0.3, -0.25) is 14.6 Å². The minimum atomic E-state index is -0.938. The van der Waals surface area contributed by atoms with Crippen LogP contribution in [0.1, 0.15) is 55.5 Å². The van der Waals surface area contributed by atoms with E-state index in [1.165, 1.54) is 16.3 Å². The molecular weight excluding hydrogens is 410 g/mol. The molecule has 5 rings (SSSR count). The number of amides is 2. The molecule has 170 valence electrons. The molecule has 33 heavy (non-hydrogen) atoms. The van der Waals surface area contributed by atoms with Crippen LogP contribution in [0.3, 0.4) is 0 Å². The molecule has 2 saturated heterocycles. The van der Waals surface area contributed by atoms with E-state index in [2.05, 4.69) is 39.5 Å². The molecule has 0 radical (unpaired) electrons. The summed E-state index contributed by atoms with van der Waals surface area (Å²) in [4.78, 5) is 32.5. The Labute approximate surface area is 195 Å². The summed E-state index contributed by atoms with van der Waals surface area (Å²) < 4.78 is 0. The Balaban J connectivity index is 1.25. The second kappa shape index (κ2) is 8.62. The Morgan fingerprint density at radius 1 is 1.00 bits per heavy atom. The van der Waals surface area contributed by atoms with Gasteiger partial charge in [-0.15, -0.1) is 0 Å². The van der Waals surface area contributed by atoms with E-state index in [1.807, 2.05) is 44.4 Å². The van der Waals surface area contributed by atoms with Crippen molar-refractivity contribution in [2.75, 3.05) is 0 Å². The Morgan fingerprint density at radius 2 is 1.73 bits per heavy atom. The molecule has 5 heteroatoms. The zero-order chi connectivity index (χ0) is 23.0. The van der Waals surface area contributed by atoms with Crippen molar-refractivity contribution in [3.63, 3.8) is 0 Å². The number of carbonyl (C=O) groups excluding carboxylic acids is 2. The first-order valence-corrected chi connectivity index (χ1v) is 11.9. The fraction of sp³-hybridized carbons (Fsp3) is 0.393. The monoisotopic (exact) mass is 441 g/mol. The highest BCUT2D eigenvalue weighted by Gasteiger charge is 2.47. The molecule has 0 spiro atoms. The number of aromatic nitrogens is 1. The minimum Gasteiger partial charge on any atom is -0.338 e. The van der Waals surface area contributed by atoms with Crippen molar-refractivity contribution < 1.29 is 9.59 Å². The third kappa shape index (κ3) is 4.37. The van der Waals surface area contributed by atoms with Gasteiger partial charge >= 0.3 is 0 Å². The standard InChI is InChI=1S/C28H31N3O2/c1-28(2,30-26(32)21-6-4-3-5-7-21)27(33)31-24-10-11-25(31)17-20(16-24)14-19-8-9-23-18-29-13-12-22(23)15-19/h3-9,12-13,15,18,20,24-25H,10-11,14,16-17H2,1-2H3,(H,30,32). The fourth-order valence-corrected chi connectivity index (χ4v) is 5.70. The van der Waals surface area contributed by atoms with Gasteiger partial charge in [0.15, 0.2) is 0 Å². The van der Waals surface area contributed by atoms with Gasteiger partial charge in [0, 0.05) is 35.4 Å². The van der Waals surface area contributed by atoms with Gasteiger partial charge in [-0.1, -0.05) is 36.4 Å². The molecule has 1 aromatic heterocycles. The van der Waals surface area contributed by atoms with Crippen LogP contribution in [0.25, 0.3) is 10.8 Å². The molecule has 5 nitrogen and oxygen atoms in total. The van der Waals surface area contributed by atoms with Crippen molar-refractivity contribution in [3.05, 3.63) is 78.1 Å². The highest BCUT2D eigenvalue weighted by molar-refractivity contribution is 5.99. The number of hydrogen-bond donors (Lipinski definition) is 1. The number of rotatable bonds is 5. The predicted octanol–water partition coefficient (Wildman–Crippen LogP) is 4.76. The van der Waals surface area contributed by atoms with E-state index in [-0.39, 0.29) is 23.9 Å². The third-order valence-corrected chi connectivity index (χ3v) is 7.29. The Morgan fingerprint density at radius 3 is 2.45 bits per heavy atom. The lowest BCUT2D eigenvalue weighted by molar-refractivity contribution is -0.142.